The fourth-order valence-corrected chi connectivity index (χ4v) is 2.71. The molecular formula is C17H18FN3O. The van der Waals surface area contributed by atoms with Gasteiger partial charge >= 0.3 is 0 Å². The van der Waals surface area contributed by atoms with Crippen molar-refractivity contribution in [2.75, 3.05) is 18.7 Å². The molecule has 2 aromatic rings. The average molecular weight is 299 g/mol. The number of halogens is 1. The Morgan fingerprint density at radius 3 is 2.64 bits per heavy atom. The zero-order valence-corrected chi connectivity index (χ0v) is 12.4. The Hall–Kier alpha value is -2.40. The number of ether oxygens (including phenoxy) is 1. The molecule has 22 heavy (non-hydrogen) atoms. The molecule has 1 atom stereocenters. The third-order valence-electron chi connectivity index (χ3n) is 3.80. The van der Waals surface area contributed by atoms with E-state index in [2.05, 4.69) is 5.10 Å². The predicted octanol–water partition coefficient (Wildman–Crippen LogP) is 3.10. The van der Waals surface area contributed by atoms with Crippen LogP contribution < -0.4 is 15.5 Å². The molecule has 114 valence electrons. The van der Waals surface area contributed by atoms with Crippen molar-refractivity contribution in [2.45, 2.75) is 12.5 Å². The number of nitrogens with two attached hydrogens (primary N) is 1. The minimum absolute atomic E-state index is 0.000149. The molecule has 0 fully saturated rings. The van der Waals surface area contributed by atoms with Crippen molar-refractivity contribution in [3.8, 4) is 5.75 Å². The molecule has 2 aromatic carbocycles. The standard InChI is InChI=1S/C17H18FN3O/c1-22-17-5-3-2-4-15(17)16-10-13(11-19)20-21(16)14-8-6-12(18)7-9-14/h2-9,16H,10-11,19H2,1H3. The number of benzene rings is 2. The molecule has 0 aliphatic carbocycles. The van der Waals surface area contributed by atoms with Crippen molar-refractivity contribution < 1.29 is 9.13 Å². The normalized spacial score (nSPS) is 17.5. The Balaban J connectivity index is 2.01. The van der Waals surface area contributed by atoms with Crippen LogP contribution in [0.3, 0.4) is 0 Å². The lowest BCUT2D eigenvalue weighted by molar-refractivity contribution is 0.405. The van der Waals surface area contributed by atoms with E-state index < -0.39 is 0 Å². The maximum Gasteiger partial charge on any atom is 0.124 e. The largest absolute Gasteiger partial charge is 0.496 e. The van der Waals surface area contributed by atoms with Crippen molar-refractivity contribution in [1.82, 2.24) is 0 Å². The second-order valence-corrected chi connectivity index (χ2v) is 5.15. The third kappa shape index (κ3) is 2.67. The van der Waals surface area contributed by atoms with Gasteiger partial charge < -0.3 is 10.5 Å². The number of rotatable bonds is 4. The van der Waals surface area contributed by atoms with Crippen LogP contribution in [0.2, 0.25) is 0 Å². The van der Waals surface area contributed by atoms with E-state index in [4.69, 9.17) is 10.5 Å². The van der Waals surface area contributed by atoms with E-state index in [0.29, 0.717) is 6.54 Å². The fraction of sp³-hybridized carbons (Fsp3) is 0.235. The molecule has 4 nitrogen and oxygen atoms in total. The van der Waals surface area contributed by atoms with Gasteiger partial charge in [-0.25, -0.2) is 4.39 Å². The Morgan fingerprint density at radius 1 is 1.23 bits per heavy atom. The summed E-state index contributed by atoms with van der Waals surface area (Å²) < 4.78 is 18.6. The monoisotopic (exact) mass is 299 g/mol. The quantitative estimate of drug-likeness (QED) is 0.944. The molecule has 2 N–H and O–H groups in total. The van der Waals surface area contributed by atoms with Crippen molar-refractivity contribution in [1.29, 1.82) is 0 Å². The molecular weight excluding hydrogens is 281 g/mol. The van der Waals surface area contributed by atoms with Crippen LogP contribution in [0.25, 0.3) is 0 Å². The molecule has 0 amide bonds. The van der Waals surface area contributed by atoms with Crippen molar-refractivity contribution in [3.63, 3.8) is 0 Å². The van der Waals surface area contributed by atoms with Gasteiger partial charge in [0.25, 0.3) is 0 Å². The molecule has 1 aliphatic heterocycles. The Bertz CT molecular complexity index is 685. The molecule has 1 heterocycles. The van der Waals surface area contributed by atoms with E-state index in [-0.39, 0.29) is 11.9 Å². The summed E-state index contributed by atoms with van der Waals surface area (Å²) in [6, 6.07) is 14.2. The van der Waals surface area contributed by atoms with E-state index in [1.807, 2.05) is 29.3 Å². The van der Waals surface area contributed by atoms with Gasteiger partial charge in [-0.05, 0) is 30.3 Å². The van der Waals surface area contributed by atoms with Crippen LogP contribution in [0.4, 0.5) is 10.1 Å². The van der Waals surface area contributed by atoms with Gasteiger partial charge in [-0.3, -0.25) is 5.01 Å². The average Bonchev–Trinajstić information content (AvgIpc) is 2.99. The zero-order valence-electron chi connectivity index (χ0n) is 12.4. The molecule has 0 spiro atoms. The Kier molecular flexibility index (Phi) is 4.06. The second kappa shape index (κ2) is 6.15. The highest BCUT2D eigenvalue weighted by Gasteiger charge is 2.30. The Morgan fingerprint density at radius 2 is 1.95 bits per heavy atom. The maximum atomic E-state index is 13.2. The molecule has 0 saturated carbocycles. The number of anilines is 1. The summed E-state index contributed by atoms with van der Waals surface area (Å²) >= 11 is 0. The summed E-state index contributed by atoms with van der Waals surface area (Å²) in [6.45, 7) is 0.406. The van der Waals surface area contributed by atoms with Gasteiger partial charge in [0.2, 0.25) is 0 Å². The third-order valence-corrected chi connectivity index (χ3v) is 3.80. The minimum Gasteiger partial charge on any atom is -0.496 e. The molecule has 1 unspecified atom stereocenters. The van der Waals surface area contributed by atoms with E-state index in [9.17, 15) is 4.39 Å². The summed E-state index contributed by atoms with van der Waals surface area (Å²) in [4.78, 5) is 0. The molecule has 0 radical (unpaired) electrons. The summed E-state index contributed by atoms with van der Waals surface area (Å²) in [5.41, 5.74) is 8.55. The van der Waals surface area contributed by atoms with Crippen LogP contribution in [0.1, 0.15) is 18.0 Å². The maximum absolute atomic E-state index is 13.2. The van der Waals surface area contributed by atoms with Gasteiger partial charge in [-0.1, -0.05) is 18.2 Å². The number of nitrogens with zero attached hydrogens (tertiary/aromatic N) is 2. The highest BCUT2D eigenvalue weighted by atomic mass is 19.1. The summed E-state index contributed by atoms with van der Waals surface area (Å²) in [6.07, 6.45) is 0.730. The second-order valence-electron chi connectivity index (χ2n) is 5.15. The number of methoxy groups -OCH3 is 1. The van der Waals surface area contributed by atoms with E-state index >= 15 is 0 Å². The van der Waals surface area contributed by atoms with E-state index in [1.165, 1.54) is 12.1 Å². The van der Waals surface area contributed by atoms with Crippen LogP contribution in [0.5, 0.6) is 5.75 Å². The highest BCUT2D eigenvalue weighted by Crippen LogP contribution is 2.38. The summed E-state index contributed by atoms with van der Waals surface area (Å²) in [5.74, 6) is 0.549. The number of para-hydroxylation sites is 1. The van der Waals surface area contributed by atoms with Gasteiger partial charge in [0.15, 0.2) is 0 Å². The number of hydrogen-bond donors (Lipinski definition) is 1. The number of hydrogen-bond acceptors (Lipinski definition) is 4. The van der Waals surface area contributed by atoms with Gasteiger partial charge in [0.1, 0.15) is 11.6 Å². The van der Waals surface area contributed by atoms with Crippen molar-refractivity contribution in [3.05, 3.63) is 59.9 Å². The van der Waals surface area contributed by atoms with Gasteiger partial charge in [-0.15, -0.1) is 0 Å². The van der Waals surface area contributed by atoms with Crippen molar-refractivity contribution in [2.24, 2.45) is 10.8 Å². The molecule has 0 bridgehead atoms. The topological polar surface area (TPSA) is 50.9 Å². The fourth-order valence-electron chi connectivity index (χ4n) is 2.71. The van der Waals surface area contributed by atoms with Crippen LogP contribution in [-0.2, 0) is 0 Å². The minimum atomic E-state index is -0.264. The van der Waals surface area contributed by atoms with Crippen LogP contribution in [0.15, 0.2) is 53.6 Å². The molecule has 5 heteroatoms. The van der Waals surface area contributed by atoms with Crippen molar-refractivity contribution >= 4 is 11.4 Å². The Labute approximate surface area is 129 Å². The lowest BCUT2D eigenvalue weighted by Gasteiger charge is -2.25. The molecule has 0 saturated heterocycles. The summed E-state index contributed by atoms with van der Waals surface area (Å²) in [7, 11) is 1.65. The first-order valence-corrected chi connectivity index (χ1v) is 7.17. The lowest BCUT2D eigenvalue weighted by atomic mass is 10.0. The molecule has 1 aliphatic rings. The first-order chi connectivity index (χ1) is 10.7. The first kappa shape index (κ1) is 14.5. The molecule has 3 rings (SSSR count). The van der Waals surface area contributed by atoms with E-state index in [0.717, 1.165) is 29.1 Å². The van der Waals surface area contributed by atoms with Gasteiger partial charge in [0.05, 0.1) is 24.6 Å². The first-order valence-electron chi connectivity index (χ1n) is 7.17. The lowest BCUT2D eigenvalue weighted by Crippen LogP contribution is -2.19. The highest BCUT2D eigenvalue weighted by molar-refractivity contribution is 5.90. The van der Waals surface area contributed by atoms with Crippen LogP contribution in [0, 0.1) is 5.82 Å². The van der Waals surface area contributed by atoms with E-state index in [1.54, 1.807) is 19.2 Å². The van der Waals surface area contributed by atoms with Gasteiger partial charge in [-0.2, -0.15) is 5.10 Å². The number of hydrazone groups is 1. The smallest absolute Gasteiger partial charge is 0.124 e. The molecule has 0 aromatic heterocycles. The van der Waals surface area contributed by atoms with Crippen LogP contribution in [-0.4, -0.2) is 19.4 Å². The van der Waals surface area contributed by atoms with Gasteiger partial charge in [0, 0.05) is 18.5 Å². The van der Waals surface area contributed by atoms with Crippen LogP contribution >= 0.6 is 0 Å². The predicted molar refractivity (Wildman–Crippen MR) is 85.7 cm³/mol. The zero-order chi connectivity index (χ0) is 15.5. The summed E-state index contributed by atoms with van der Waals surface area (Å²) in [5, 5.41) is 6.48. The SMILES string of the molecule is COc1ccccc1C1CC(CN)=NN1c1ccc(F)cc1.